The predicted molar refractivity (Wildman–Crippen MR) is 94.3 cm³/mol. The maximum absolute atomic E-state index is 13.1. The quantitative estimate of drug-likeness (QED) is 0.800. The summed E-state index contributed by atoms with van der Waals surface area (Å²) >= 11 is 0. The van der Waals surface area contributed by atoms with Crippen molar-refractivity contribution in [2.24, 2.45) is 0 Å². The summed E-state index contributed by atoms with van der Waals surface area (Å²) in [7, 11) is 0. The van der Waals surface area contributed by atoms with Crippen molar-refractivity contribution in [2.45, 2.75) is 19.8 Å². The second-order valence-corrected chi connectivity index (χ2v) is 6.08. The predicted octanol–water partition coefficient (Wildman–Crippen LogP) is 2.78. The van der Waals surface area contributed by atoms with Gasteiger partial charge in [-0.05, 0) is 60.7 Å². The van der Waals surface area contributed by atoms with Crippen molar-refractivity contribution in [3.8, 4) is 0 Å². The molecule has 0 saturated heterocycles. The van der Waals surface area contributed by atoms with Gasteiger partial charge in [0.1, 0.15) is 5.82 Å². The number of halogens is 1. The maximum Gasteiger partial charge on any atom is 0.319 e. The Morgan fingerprint density at radius 3 is 2.88 bits per heavy atom. The van der Waals surface area contributed by atoms with Gasteiger partial charge in [0.2, 0.25) is 0 Å². The molecule has 25 heavy (non-hydrogen) atoms. The van der Waals surface area contributed by atoms with Crippen LogP contribution in [-0.2, 0) is 12.8 Å². The highest BCUT2D eigenvalue weighted by Gasteiger charge is 2.17. The summed E-state index contributed by atoms with van der Waals surface area (Å²) < 4.78 is 13.1. The summed E-state index contributed by atoms with van der Waals surface area (Å²) in [6.07, 6.45) is 1.41. The van der Waals surface area contributed by atoms with Crippen molar-refractivity contribution in [1.82, 2.24) is 10.6 Å². The Hall–Kier alpha value is -2.89. The van der Waals surface area contributed by atoms with Crippen LogP contribution in [0.1, 0.15) is 27.0 Å². The van der Waals surface area contributed by atoms with E-state index in [0.29, 0.717) is 30.8 Å². The second-order valence-electron chi connectivity index (χ2n) is 6.08. The average molecular weight is 341 g/mol. The molecule has 0 aromatic heterocycles. The lowest BCUT2D eigenvalue weighted by Crippen LogP contribution is -2.33. The fourth-order valence-electron chi connectivity index (χ4n) is 2.92. The topological polar surface area (TPSA) is 70.2 Å². The van der Waals surface area contributed by atoms with Crippen molar-refractivity contribution in [3.05, 3.63) is 64.5 Å². The van der Waals surface area contributed by atoms with Gasteiger partial charge >= 0.3 is 6.03 Å². The van der Waals surface area contributed by atoms with Crippen LogP contribution in [-0.4, -0.2) is 25.0 Å². The number of benzene rings is 2. The van der Waals surface area contributed by atoms with Gasteiger partial charge < -0.3 is 16.0 Å². The first kappa shape index (κ1) is 17.0. The van der Waals surface area contributed by atoms with E-state index in [4.69, 9.17) is 0 Å². The van der Waals surface area contributed by atoms with Crippen molar-refractivity contribution >= 4 is 17.6 Å². The van der Waals surface area contributed by atoms with E-state index >= 15 is 0 Å². The number of carbonyl (C=O) groups excluding carboxylic acids is 2. The van der Waals surface area contributed by atoms with Crippen LogP contribution in [0.5, 0.6) is 0 Å². The number of aryl methyl sites for hydroxylation is 1. The Morgan fingerprint density at radius 1 is 1.24 bits per heavy atom. The van der Waals surface area contributed by atoms with E-state index in [1.165, 1.54) is 12.1 Å². The third-order valence-corrected chi connectivity index (χ3v) is 4.28. The molecule has 0 atom stereocenters. The lowest BCUT2D eigenvalue weighted by molar-refractivity contribution is 0.0946. The van der Waals surface area contributed by atoms with E-state index in [1.54, 1.807) is 18.2 Å². The molecule has 0 fully saturated rings. The standard InChI is InChI=1S/C19H20FN3O2/c1-12-10-15(20)4-2-13(12)6-9-22-19(25)23-16-5-3-14-7-8-21-18(24)17(14)11-16/h2-5,10-11H,6-9H2,1H3,(H,21,24)(H2,22,23,25). The Kier molecular flexibility index (Phi) is 4.97. The van der Waals surface area contributed by atoms with Crippen molar-refractivity contribution in [3.63, 3.8) is 0 Å². The Labute approximate surface area is 145 Å². The van der Waals surface area contributed by atoms with Crippen LogP contribution < -0.4 is 16.0 Å². The number of hydrogen-bond acceptors (Lipinski definition) is 2. The normalized spacial score (nSPS) is 13.0. The van der Waals surface area contributed by atoms with E-state index in [1.807, 2.05) is 13.0 Å². The molecule has 2 aromatic rings. The molecule has 0 spiro atoms. The largest absolute Gasteiger partial charge is 0.352 e. The third kappa shape index (κ3) is 4.15. The number of rotatable bonds is 4. The smallest absolute Gasteiger partial charge is 0.319 e. The Balaban J connectivity index is 1.54. The van der Waals surface area contributed by atoms with Gasteiger partial charge in [0.15, 0.2) is 0 Å². The first-order valence-electron chi connectivity index (χ1n) is 8.24. The summed E-state index contributed by atoms with van der Waals surface area (Å²) in [5.74, 6) is -0.375. The summed E-state index contributed by atoms with van der Waals surface area (Å²) in [5, 5.41) is 8.29. The molecule has 2 aromatic carbocycles. The van der Waals surface area contributed by atoms with Gasteiger partial charge in [0.25, 0.3) is 5.91 Å². The molecule has 3 amide bonds. The molecule has 3 rings (SSSR count). The fourth-order valence-corrected chi connectivity index (χ4v) is 2.92. The van der Waals surface area contributed by atoms with Gasteiger partial charge in [-0.15, -0.1) is 0 Å². The molecule has 0 saturated carbocycles. The molecule has 0 aliphatic carbocycles. The number of fused-ring (bicyclic) bond motifs is 1. The van der Waals surface area contributed by atoms with Crippen LogP contribution in [0.25, 0.3) is 0 Å². The van der Waals surface area contributed by atoms with E-state index < -0.39 is 0 Å². The van der Waals surface area contributed by atoms with E-state index in [0.717, 1.165) is 23.1 Å². The van der Waals surface area contributed by atoms with Crippen LogP contribution in [0.2, 0.25) is 0 Å². The van der Waals surface area contributed by atoms with Gasteiger partial charge in [-0.1, -0.05) is 12.1 Å². The van der Waals surface area contributed by atoms with Crippen molar-refractivity contribution < 1.29 is 14.0 Å². The number of anilines is 1. The van der Waals surface area contributed by atoms with Gasteiger partial charge in [-0.25, -0.2) is 9.18 Å². The molecule has 0 radical (unpaired) electrons. The summed E-state index contributed by atoms with van der Waals surface area (Å²) in [5.41, 5.74) is 4.02. The zero-order valence-corrected chi connectivity index (χ0v) is 14.0. The third-order valence-electron chi connectivity index (χ3n) is 4.28. The zero-order chi connectivity index (χ0) is 17.8. The van der Waals surface area contributed by atoms with Gasteiger partial charge in [-0.2, -0.15) is 0 Å². The number of amides is 3. The van der Waals surface area contributed by atoms with Crippen LogP contribution >= 0.6 is 0 Å². The number of nitrogens with one attached hydrogen (secondary N) is 3. The summed E-state index contributed by atoms with van der Waals surface area (Å²) in [6, 6.07) is 9.64. The zero-order valence-electron chi connectivity index (χ0n) is 14.0. The Morgan fingerprint density at radius 2 is 2.08 bits per heavy atom. The molecule has 130 valence electrons. The minimum absolute atomic E-state index is 0.114. The van der Waals surface area contributed by atoms with Crippen LogP contribution in [0, 0.1) is 12.7 Å². The number of carbonyl (C=O) groups is 2. The summed E-state index contributed by atoms with van der Waals surface area (Å²) in [6.45, 7) is 2.92. The minimum atomic E-state index is -0.337. The summed E-state index contributed by atoms with van der Waals surface area (Å²) in [4.78, 5) is 23.9. The van der Waals surface area contributed by atoms with Crippen LogP contribution in [0.4, 0.5) is 14.9 Å². The molecule has 5 nitrogen and oxygen atoms in total. The highest BCUT2D eigenvalue weighted by molar-refractivity contribution is 5.99. The number of urea groups is 1. The molecule has 0 bridgehead atoms. The first-order valence-corrected chi connectivity index (χ1v) is 8.24. The molecule has 3 N–H and O–H groups in total. The lowest BCUT2D eigenvalue weighted by atomic mass is 10.00. The van der Waals surface area contributed by atoms with Gasteiger partial charge in [-0.3, -0.25) is 4.79 Å². The average Bonchev–Trinajstić information content (AvgIpc) is 2.57. The molecule has 1 aliphatic heterocycles. The van der Waals surface area contributed by atoms with Gasteiger partial charge in [0.05, 0.1) is 0 Å². The fraction of sp³-hybridized carbons (Fsp3) is 0.263. The van der Waals surface area contributed by atoms with E-state index in [9.17, 15) is 14.0 Å². The van der Waals surface area contributed by atoms with Crippen molar-refractivity contribution in [2.75, 3.05) is 18.4 Å². The molecule has 1 heterocycles. The maximum atomic E-state index is 13.1. The van der Waals surface area contributed by atoms with E-state index in [2.05, 4.69) is 16.0 Å². The van der Waals surface area contributed by atoms with E-state index in [-0.39, 0.29) is 17.8 Å². The SMILES string of the molecule is Cc1cc(F)ccc1CCNC(=O)Nc1ccc2c(c1)C(=O)NCC2. The molecule has 1 aliphatic rings. The highest BCUT2D eigenvalue weighted by Crippen LogP contribution is 2.19. The van der Waals surface area contributed by atoms with Crippen LogP contribution in [0.15, 0.2) is 36.4 Å². The second kappa shape index (κ2) is 7.34. The van der Waals surface area contributed by atoms with Gasteiger partial charge in [0, 0.05) is 24.3 Å². The molecule has 6 heteroatoms. The minimum Gasteiger partial charge on any atom is -0.352 e. The van der Waals surface area contributed by atoms with Crippen LogP contribution in [0.3, 0.4) is 0 Å². The number of hydrogen-bond donors (Lipinski definition) is 3. The molecular weight excluding hydrogens is 321 g/mol. The first-order chi connectivity index (χ1) is 12.0. The lowest BCUT2D eigenvalue weighted by Gasteiger charge is -2.17. The monoisotopic (exact) mass is 341 g/mol. The highest BCUT2D eigenvalue weighted by atomic mass is 19.1. The molecule has 0 unspecified atom stereocenters. The Bertz CT molecular complexity index is 820. The van der Waals surface area contributed by atoms with Crippen molar-refractivity contribution in [1.29, 1.82) is 0 Å². The molecular formula is C19H20FN3O2.